The molecular weight excluding hydrogens is 424 g/mol. The molecule has 1 unspecified atom stereocenters. The van der Waals surface area contributed by atoms with E-state index < -0.39 is 5.97 Å². The number of rotatable bonds is 9. The molecule has 1 aromatic heterocycles. The summed E-state index contributed by atoms with van der Waals surface area (Å²) in [4.78, 5) is 17.1. The average molecular weight is 459 g/mol. The van der Waals surface area contributed by atoms with E-state index in [0.717, 1.165) is 47.9 Å². The van der Waals surface area contributed by atoms with Crippen molar-refractivity contribution in [1.29, 1.82) is 5.26 Å². The first-order valence-corrected chi connectivity index (χ1v) is 12.1. The van der Waals surface area contributed by atoms with E-state index in [2.05, 4.69) is 51.7 Å². The Kier molecular flexibility index (Phi) is 8.28. The topological polar surface area (TPSA) is 76.1 Å². The average Bonchev–Trinajstić information content (AvgIpc) is 3.26. The summed E-state index contributed by atoms with van der Waals surface area (Å²) in [6.45, 7) is 11.1. The van der Waals surface area contributed by atoms with E-state index in [1.54, 1.807) is 6.08 Å². The van der Waals surface area contributed by atoms with Crippen molar-refractivity contribution in [3.63, 3.8) is 0 Å². The van der Waals surface area contributed by atoms with Gasteiger partial charge in [-0.3, -0.25) is 0 Å². The van der Waals surface area contributed by atoms with E-state index in [-0.39, 0.29) is 11.0 Å². The van der Waals surface area contributed by atoms with Gasteiger partial charge in [-0.25, -0.2) is 9.78 Å². The SMILES string of the molecule is CCCCC(CC)COC(=O)/C(C#N)=C/c1ccc(-c2nc3cc(C(C)(C)C)ccc3o2)cc1. The van der Waals surface area contributed by atoms with Gasteiger partial charge in [0.25, 0.3) is 0 Å². The summed E-state index contributed by atoms with van der Waals surface area (Å²) in [5.41, 5.74) is 4.36. The second-order valence-electron chi connectivity index (χ2n) is 9.76. The van der Waals surface area contributed by atoms with Crippen LogP contribution in [0, 0.1) is 17.2 Å². The van der Waals surface area contributed by atoms with Crippen molar-refractivity contribution in [3.8, 4) is 17.5 Å². The highest BCUT2D eigenvalue weighted by molar-refractivity contribution is 5.97. The van der Waals surface area contributed by atoms with Crippen LogP contribution in [0.2, 0.25) is 0 Å². The van der Waals surface area contributed by atoms with Crippen LogP contribution in [-0.2, 0) is 14.9 Å². The molecular formula is C29H34N2O3. The molecule has 0 bridgehead atoms. The second kappa shape index (κ2) is 11.2. The zero-order valence-electron chi connectivity index (χ0n) is 20.9. The molecule has 0 saturated heterocycles. The lowest BCUT2D eigenvalue weighted by atomic mass is 9.87. The summed E-state index contributed by atoms with van der Waals surface area (Å²) >= 11 is 0. The number of carbonyl (C=O) groups is 1. The van der Waals surface area contributed by atoms with Crippen LogP contribution in [-0.4, -0.2) is 17.6 Å². The highest BCUT2D eigenvalue weighted by atomic mass is 16.5. The lowest BCUT2D eigenvalue weighted by molar-refractivity contribution is -0.139. The number of benzene rings is 2. The number of nitrogens with zero attached hydrogens (tertiary/aromatic N) is 2. The van der Waals surface area contributed by atoms with Gasteiger partial charge in [-0.2, -0.15) is 5.26 Å². The van der Waals surface area contributed by atoms with Crippen molar-refractivity contribution in [2.24, 2.45) is 5.92 Å². The van der Waals surface area contributed by atoms with Crippen molar-refractivity contribution >= 4 is 23.1 Å². The quantitative estimate of drug-likeness (QED) is 0.189. The normalized spacial score (nSPS) is 13.0. The van der Waals surface area contributed by atoms with Crippen LogP contribution in [0.3, 0.4) is 0 Å². The molecule has 0 saturated carbocycles. The summed E-state index contributed by atoms with van der Waals surface area (Å²) in [5, 5.41) is 9.47. The number of hydrogen-bond donors (Lipinski definition) is 0. The number of ether oxygens (including phenoxy) is 1. The summed E-state index contributed by atoms with van der Waals surface area (Å²) in [6, 6.07) is 15.5. The van der Waals surface area contributed by atoms with E-state index in [1.165, 1.54) is 5.56 Å². The Bertz CT molecular complexity index is 1190. The summed E-state index contributed by atoms with van der Waals surface area (Å²) in [5.74, 6) is 0.295. The van der Waals surface area contributed by atoms with E-state index in [1.807, 2.05) is 36.4 Å². The molecule has 178 valence electrons. The number of esters is 1. The lowest BCUT2D eigenvalue weighted by Gasteiger charge is -2.18. The first kappa shape index (κ1) is 25.2. The molecule has 3 rings (SSSR count). The van der Waals surface area contributed by atoms with E-state index in [9.17, 15) is 10.1 Å². The molecule has 5 heteroatoms. The zero-order chi connectivity index (χ0) is 24.7. The Morgan fingerprint density at radius 1 is 1.18 bits per heavy atom. The molecule has 2 aromatic carbocycles. The molecule has 5 nitrogen and oxygen atoms in total. The van der Waals surface area contributed by atoms with Crippen LogP contribution in [0.5, 0.6) is 0 Å². The molecule has 0 aliphatic carbocycles. The number of unbranched alkanes of at least 4 members (excludes halogenated alkanes) is 1. The van der Waals surface area contributed by atoms with Gasteiger partial charge in [-0.15, -0.1) is 0 Å². The van der Waals surface area contributed by atoms with Gasteiger partial charge in [0.15, 0.2) is 5.58 Å². The maximum absolute atomic E-state index is 12.4. The number of oxazole rings is 1. The Morgan fingerprint density at radius 3 is 2.53 bits per heavy atom. The van der Waals surface area contributed by atoms with Gasteiger partial charge >= 0.3 is 5.97 Å². The van der Waals surface area contributed by atoms with Crippen molar-refractivity contribution < 1.29 is 13.9 Å². The number of nitriles is 1. The highest BCUT2D eigenvalue weighted by Crippen LogP contribution is 2.29. The monoisotopic (exact) mass is 458 g/mol. The number of aromatic nitrogens is 1. The van der Waals surface area contributed by atoms with Crippen LogP contribution < -0.4 is 0 Å². The Labute approximate surface area is 202 Å². The van der Waals surface area contributed by atoms with E-state index in [4.69, 9.17) is 9.15 Å². The third-order valence-electron chi connectivity index (χ3n) is 6.06. The fourth-order valence-electron chi connectivity index (χ4n) is 3.71. The van der Waals surface area contributed by atoms with Crippen LogP contribution in [0.1, 0.15) is 71.4 Å². The summed E-state index contributed by atoms with van der Waals surface area (Å²) in [6.07, 6.45) is 5.77. The first-order chi connectivity index (χ1) is 16.2. The molecule has 1 heterocycles. The number of fused-ring (bicyclic) bond motifs is 1. The zero-order valence-corrected chi connectivity index (χ0v) is 20.9. The molecule has 3 aromatic rings. The minimum Gasteiger partial charge on any atom is -0.461 e. The number of hydrogen-bond acceptors (Lipinski definition) is 5. The fraction of sp³-hybridized carbons (Fsp3) is 0.414. The van der Waals surface area contributed by atoms with Crippen LogP contribution >= 0.6 is 0 Å². The molecule has 0 spiro atoms. The van der Waals surface area contributed by atoms with Crippen molar-refractivity contribution in [2.45, 2.75) is 65.7 Å². The lowest BCUT2D eigenvalue weighted by Crippen LogP contribution is -2.15. The van der Waals surface area contributed by atoms with Gasteiger partial charge < -0.3 is 9.15 Å². The molecule has 0 amide bonds. The van der Waals surface area contributed by atoms with E-state index >= 15 is 0 Å². The standard InChI is InChI=1S/C29H34N2O3/c1-6-8-9-20(7-2)19-33-28(32)23(18-30)16-21-10-12-22(13-11-21)27-31-25-17-24(29(3,4)5)14-15-26(25)34-27/h10-17,20H,6-9,19H2,1-5H3/b23-16+. The third-order valence-corrected chi connectivity index (χ3v) is 6.06. The highest BCUT2D eigenvalue weighted by Gasteiger charge is 2.17. The smallest absolute Gasteiger partial charge is 0.348 e. The van der Waals surface area contributed by atoms with Crippen molar-refractivity contribution in [2.75, 3.05) is 6.61 Å². The maximum Gasteiger partial charge on any atom is 0.348 e. The molecule has 0 aliphatic heterocycles. The molecule has 0 aliphatic rings. The Balaban J connectivity index is 1.72. The molecule has 34 heavy (non-hydrogen) atoms. The van der Waals surface area contributed by atoms with Crippen molar-refractivity contribution in [3.05, 3.63) is 59.2 Å². The minimum absolute atomic E-state index is 0.00494. The predicted molar refractivity (Wildman–Crippen MR) is 136 cm³/mol. The van der Waals surface area contributed by atoms with Gasteiger partial charge in [0.05, 0.1) is 6.61 Å². The van der Waals surface area contributed by atoms with Crippen LogP contribution in [0.4, 0.5) is 0 Å². The predicted octanol–water partition coefficient (Wildman–Crippen LogP) is 7.46. The van der Waals surface area contributed by atoms with Gasteiger partial charge in [0.2, 0.25) is 5.89 Å². The third kappa shape index (κ3) is 6.35. The van der Waals surface area contributed by atoms with Gasteiger partial charge in [-0.05, 0) is 59.2 Å². The summed E-state index contributed by atoms with van der Waals surface area (Å²) < 4.78 is 11.4. The van der Waals surface area contributed by atoms with Gasteiger partial charge in [0, 0.05) is 5.56 Å². The van der Waals surface area contributed by atoms with Gasteiger partial charge in [-0.1, -0.05) is 72.1 Å². The number of carbonyl (C=O) groups excluding carboxylic acids is 1. The van der Waals surface area contributed by atoms with Crippen LogP contribution in [0.25, 0.3) is 28.6 Å². The van der Waals surface area contributed by atoms with Crippen LogP contribution in [0.15, 0.2) is 52.5 Å². The molecule has 0 fully saturated rings. The van der Waals surface area contributed by atoms with E-state index in [0.29, 0.717) is 18.4 Å². The Morgan fingerprint density at radius 2 is 1.91 bits per heavy atom. The minimum atomic E-state index is -0.574. The first-order valence-electron chi connectivity index (χ1n) is 12.1. The molecule has 0 N–H and O–H groups in total. The van der Waals surface area contributed by atoms with Gasteiger partial charge in [0.1, 0.15) is 17.2 Å². The van der Waals surface area contributed by atoms with Crippen molar-refractivity contribution in [1.82, 2.24) is 4.98 Å². The second-order valence-corrected chi connectivity index (χ2v) is 9.76. The molecule has 1 atom stereocenters. The molecule has 0 radical (unpaired) electrons. The summed E-state index contributed by atoms with van der Waals surface area (Å²) in [7, 11) is 0. The maximum atomic E-state index is 12.4. The Hall–Kier alpha value is -3.39. The fourth-order valence-corrected chi connectivity index (χ4v) is 3.71. The largest absolute Gasteiger partial charge is 0.461 e.